The van der Waals surface area contributed by atoms with Gasteiger partial charge in [-0.3, -0.25) is 4.79 Å². The average Bonchev–Trinajstić information content (AvgIpc) is 2.17. The molecule has 0 aliphatic heterocycles. The normalized spacial score (nSPS) is 11.1. The second-order valence-electron chi connectivity index (χ2n) is 5.15. The molecule has 0 unspecified atom stereocenters. The van der Waals surface area contributed by atoms with E-state index in [4.69, 9.17) is 0 Å². The first kappa shape index (κ1) is 13.4. The summed E-state index contributed by atoms with van der Waals surface area (Å²) in [6.45, 7) is 9.90. The number of amides is 1. The van der Waals surface area contributed by atoms with Crippen molar-refractivity contribution in [3.63, 3.8) is 0 Å². The molecule has 5 heteroatoms. The fraction of sp³-hybridized carbons (Fsp3) is 0.583. The number of rotatable bonds is 3. The van der Waals surface area contributed by atoms with Gasteiger partial charge in [0, 0.05) is 5.54 Å². The van der Waals surface area contributed by atoms with Crippen molar-refractivity contribution in [2.45, 2.75) is 40.2 Å². The van der Waals surface area contributed by atoms with Crippen LogP contribution in [0.5, 0.6) is 0 Å². The van der Waals surface area contributed by atoms with Crippen LogP contribution in [0.3, 0.4) is 0 Å². The number of carbonyl (C=O) groups excluding carboxylic acids is 1. The van der Waals surface area contributed by atoms with E-state index in [1.54, 1.807) is 0 Å². The number of carbonyl (C=O) groups is 1. The summed E-state index contributed by atoms with van der Waals surface area (Å²) in [5, 5.41) is 13.8. The highest BCUT2D eigenvalue weighted by Gasteiger charge is 2.13. The first-order valence-electron chi connectivity index (χ1n) is 5.64. The molecule has 1 heterocycles. The lowest BCUT2D eigenvalue weighted by atomic mass is 10.1. The fourth-order valence-corrected chi connectivity index (χ4v) is 1.27. The van der Waals surface area contributed by atoms with Crippen LogP contribution in [0.25, 0.3) is 0 Å². The minimum absolute atomic E-state index is 0.0578. The van der Waals surface area contributed by atoms with E-state index in [1.807, 2.05) is 40.7 Å². The van der Waals surface area contributed by atoms with Gasteiger partial charge in [-0.05, 0) is 46.2 Å². The summed E-state index contributed by atoms with van der Waals surface area (Å²) < 4.78 is 0. The molecule has 0 spiro atoms. The lowest BCUT2D eigenvalue weighted by Crippen LogP contribution is -2.43. The van der Waals surface area contributed by atoms with Gasteiger partial charge in [-0.1, -0.05) is 0 Å². The van der Waals surface area contributed by atoms with Crippen LogP contribution >= 0.6 is 0 Å². The molecule has 1 aromatic rings. The van der Waals surface area contributed by atoms with Crippen molar-refractivity contribution >= 4 is 11.7 Å². The summed E-state index contributed by atoms with van der Waals surface area (Å²) in [7, 11) is 0. The van der Waals surface area contributed by atoms with E-state index in [-0.39, 0.29) is 18.0 Å². The van der Waals surface area contributed by atoms with Crippen LogP contribution in [0, 0.1) is 13.8 Å². The van der Waals surface area contributed by atoms with E-state index in [2.05, 4.69) is 20.8 Å². The van der Waals surface area contributed by atoms with Gasteiger partial charge in [0.15, 0.2) is 0 Å². The third kappa shape index (κ3) is 4.80. The number of anilines is 1. The highest BCUT2D eigenvalue weighted by molar-refractivity contribution is 5.81. The van der Waals surface area contributed by atoms with Crippen LogP contribution in [0.4, 0.5) is 5.82 Å². The van der Waals surface area contributed by atoms with Gasteiger partial charge >= 0.3 is 0 Å². The molecule has 17 heavy (non-hydrogen) atoms. The van der Waals surface area contributed by atoms with Crippen molar-refractivity contribution in [1.29, 1.82) is 0 Å². The molecular weight excluding hydrogens is 216 g/mol. The van der Waals surface area contributed by atoms with Crippen molar-refractivity contribution in [2.24, 2.45) is 0 Å². The van der Waals surface area contributed by atoms with E-state index in [1.165, 1.54) is 0 Å². The van der Waals surface area contributed by atoms with Crippen LogP contribution in [-0.2, 0) is 4.79 Å². The SMILES string of the molecule is Cc1cc(NCC(=O)NC(C)(C)C)nnc1C. The zero-order valence-electron chi connectivity index (χ0n) is 11.1. The monoisotopic (exact) mass is 236 g/mol. The average molecular weight is 236 g/mol. The molecule has 1 amide bonds. The zero-order valence-corrected chi connectivity index (χ0v) is 11.1. The predicted octanol–water partition coefficient (Wildman–Crippen LogP) is 1.42. The lowest BCUT2D eigenvalue weighted by Gasteiger charge is -2.20. The van der Waals surface area contributed by atoms with Crippen LogP contribution in [0.15, 0.2) is 6.07 Å². The van der Waals surface area contributed by atoms with E-state index >= 15 is 0 Å². The first-order valence-corrected chi connectivity index (χ1v) is 5.64. The largest absolute Gasteiger partial charge is 0.360 e. The van der Waals surface area contributed by atoms with E-state index < -0.39 is 0 Å². The molecule has 94 valence electrons. The summed E-state index contributed by atoms with van der Waals surface area (Å²) in [4.78, 5) is 11.6. The number of nitrogens with zero attached hydrogens (tertiary/aromatic N) is 2. The Morgan fingerprint density at radius 2 is 1.94 bits per heavy atom. The summed E-state index contributed by atoms with van der Waals surface area (Å²) >= 11 is 0. The van der Waals surface area contributed by atoms with E-state index in [9.17, 15) is 4.79 Å². The van der Waals surface area contributed by atoms with Crippen molar-refractivity contribution in [3.8, 4) is 0 Å². The van der Waals surface area contributed by atoms with Crippen molar-refractivity contribution in [3.05, 3.63) is 17.3 Å². The smallest absolute Gasteiger partial charge is 0.239 e. The molecule has 2 N–H and O–H groups in total. The number of nitrogens with one attached hydrogen (secondary N) is 2. The van der Waals surface area contributed by atoms with Crippen molar-refractivity contribution < 1.29 is 4.79 Å². The topological polar surface area (TPSA) is 66.9 Å². The van der Waals surface area contributed by atoms with Crippen molar-refractivity contribution in [1.82, 2.24) is 15.5 Å². The van der Waals surface area contributed by atoms with Gasteiger partial charge in [-0.2, -0.15) is 5.10 Å². The second kappa shape index (κ2) is 5.12. The maximum absolute atomic E-state index is 11.6. The Hall–Kier alpha value is -1.65. The fourth-order valence-electron chi connectivity index (χ4n) is 1.27. The number of aryl methyl sites for hydroxylation is 2. The number of aromatic nitrogens is 2. The van der Waals surface area contributed by atoms with Gasteiger partial charge in [0.2, 0.25) is 5.91 Å². The summed E-state index contributed by atoms with van der Waals surface area (Å²) in [6.07, 6.45) is 0. The quantitative estimate of drug-likeness (QED) is 0.833. The standard InChI is InChI=1S/C12H20N4O/c1-8-6-10(16-15-9(8)2)13-7-11(17)14-12(3,4)5/h6H,7H2,1-5H3,(H,13,16)(H,14,17). The number of hydrogen-bond acceptors (Lipinski definition) is 4. The Morgan fingerprint density at radius 3 is 2.47 bits per heavy atom. The third-order valence-corrected chi connectivity index (χ3v) is 2.18. The molecule has 0 saturated carbocycles. The Morgan fingerprint density at radius 1 is 1.29 bits per heavy atom. The van der Waals surface area contributed by atoms with E-state index in [0.717, 1.165) is 11.3 Å². The Balaban J connectivity index is 2.50. The molecule has 0 fully saturated rings. The van der Waals surface area contributed by atoms with Gasteiger partial charge in [0.1, 0.15) is 5.82 Å². The van der Waals surface area contributed by atoms with Gasteiger partial charge in [-0.25, -0.2) is 0 Å². The van der Waals surface area contributed by atoms with Crippen LogP contribution in [0.2, 0.25) is 0 Å². The van der Waals surface area contributed by atoms with Gasteiger partial charge < -0.3 is 10.6 Å². The van der Waals surface area contributed by atoms with Gasteiger partial charge in [0.05, 0.1) is 12.2 Å². The van der Waals surface area contributed by atoms with Gasteiger partial charge in [-0.15, -0.1) is 5.10 Å². The molecule has 0 aromatic carbocycles. The molecule has 0 radical (unpaired) electrons. The maximum Gasteiger partial charge on any atom is 0.239 e. The maximum atomic E-state index is 11.6. The zero-order chi connectivity index (χ0) is 13.1. The Labute approximate surface area is 102 Å². The summed E-state index contributed by atoms with van der Waals surface area (Å²) in [5.41, 5.74) is 1.74. The highest BCUT2D eigenvalue weighted by Crippen LogP contribution is 2.07. The Kier molecular flexibility index (Phi) is 4.04. The molecule has 0 aliphatic carbocycles. The van der Waals surface area contributed by atoms with Gasteiger partial charge in [0.25, 0.3) is 0 Å². The second-order valence-corrected chi connectivity index (χ2v) is 5.15. The molecule has 1 rings (SSSR count). The Bertz CT molecular complexity index is 409. The molecule has 0 aliphatic rings. The minimum atomic E-state index is -0.215. The lowest BCUT2D eigenvalue weighted by molar-refractivity contribution is -0.120. The summed E-state index contributed by atoms with van der Waals surface area (Å²) in [5.74, 6) is 0.565. The van der Waals surface area contributed by atoms with Crippen LogP contribution in [-0.4, -0.2) is 28.2 Å². The van der Waals surface area contributed by atoms with Crippen molar-refractivity contribution in [2.75, 3.05) is 11.9 Å². The summed E-state index contributed by atoms with van der Waals surface area (Å²) in [6, 6.07) is 1.88. The molecule has 1 aromatic heterocycles. The predicted molar refractivity (Wildman–Crippen MR) is 67.9 cm³/mol. The highest BCUT2D eigenvalue weighted by atomic mass is 16.2. The molecular formula is C12H20N4O. The third-order valence-electron chi connectivity index (χ3n) is 2.18. The minimum Gasteiger partial charge on any atom is -0.360 e. The van der Waals surface area contributed by atoms with E-state index in [0.29, 0.717) is 5.82 Å². The molecule has 0 atom stereocenters. The molecule has 0 saturated heterocycles. The molecule has 5 nitrogen and oxygen atoms in total. The van der Waals surface area contributed by atoms with Crippen LogP contribution in [0.1, 0.15) is 32.0 Å². The number of hydrogen-bond donors (Lipinski definition) is 2. The van der Waals surface area contributed by atoms with Crippen LogP contribution < -0.4 is 10.6 Å². The first-order chi connectivity index (χ1) is 7.78. The molecule has 0 bridgehead atoms.